The number of rotatable bonds is 3. The van der Waals surface area contributed by atoms with Crippen molar-refractivity contribution in [2.75, 3.05) is 13.1 Å². The molecule has 5 nitrogen and oxygen atoms in total. The lowest BCUT2D eigenvalue weighted by Crippen LogP contribution is -2.46. The van der Waals surface area contributed by atoms with Gasteiger partial charge in [0.2, 0.25) is 0 Å². The summed E-state index contributed by atoms with van der Waals surface area (Å²) >= 11 is 0. The molecular formula is C10H18N2O3. The molecule has 2 N–H and O–H groups in total. The minimum atomic E-state index is -0.910. The molecule has 5 heteroatoms. The predicted octanol–water partition coefficient (Wildman–Crippen LogP) is 0.901. The van der Waals surface area contributed by atoms with E-state index in [0.717, 1.165) is 6.42 Å². The lowest BCUT2D eigenvalue weighted by Gasteiger charge is -2.22. The summed E-state index contributed by atoms with van der Waals surface area (Å²) < 4.78 is 0. The summed E-state index contributed by atoms with van der Waals surface area (Å²) in [5.74, 6) is -0.535. The standard InChI is InChI=1S/C10H18N2O3/c1-7(2)6-11-10(15)12-5-3-4-8(12)9(13)14/h7-8H,3-6H2,1-2H3,(H,11,15)(H,13,14)/t8-/m0/s1. The number of nitrogens with one attached hydrogen (secondary N) is 1. The zero-order chi connectivity index (χ0) is 11.4. The fraction of sp³-hybridized carbons (Fsp3) is 0.800. The van der Waals surface area contributed by atoms with Gasteiger partial charge in [-0.1, -0.05) is 13.8 Å². The number of carbonyl (C=O) groups excluding carboxylic acids is 1. The number of amides is 2. The molecule has 1 aliphatic heterocycles. The minimum absolute atomic E-state index is 0.256. The topological polar surface area (TPSA) is 69.6 Å². The van der Waals surface area contributed by atoms with E-state index in [4.69, 9.17) is 5.11 Å². The van der Waals surface area contributed by atoms with Crippen molar-refractivity contribution < 1.29 is 14.7 Å². The molecule has 0 radical (unpaired) electrons. The largest absolute Gasteiger partial charge is 0.480 e. The Kier molecular flexibility index (Phi) is 3.94. The Morgan fingerprint density at radius 3 is 2.73 bits per heavy atom. The van der Waals surface area contributed by atoms with Crippen LogP contribution in [0.2, 0.25) is 0 Å². The van der Waals surface area contributed by atoms with E-state index < -0.39 is 12.0 Å². The number of carbonyl (C=O) groups is 2. The van der Waals surface area contributed by atoms with Crippen LogP contribution < -0.4 is 5.32 Å². The van der Waals surface area contributed by atoms with Crippen molar-refractivity contribution in [3.05, 3.63) is 0 Å². The summed E-state index contributed by atoms with van der Waals surface area (Å²) in [5.41, 5.74) is 0. The highest BCUT2D eigenvalue weighted by Crippen LogP contribution is 2.17. The number of carboxylic acid groups (broad SMARTS) is 1. The third kappa shape index (κ3) is 3.11. The molecule has 0 unspecified atom stereocenters. The summed E-state index contributed by atoms with van der Waals surface area (Å²) in [5, 5.41) is 11.6. The lowest BCUT2D eigenvalue weighted by molar-refractivity contribution is -0.141. The second-order valence-electron chi connectivity index (χ2n) is 4.27. The third-order valence-corrected chi connectivity index (χ3v) is 2.46. The van der Waals surface area contributed by atoms with E-state index in [0.29, 0.717) is 25.4 Å². The van der Waals surface area contributed by atoms with E-state index in [1.54, 1.807) is 0 Å². The van der Waals surface area contributed by atoms with E-state index in [1.165, 1.54) is 4.90 Å². The first-order chi connectivity index (χ1) is 7.02. The average Bonchev–Trinajstić information content (AvgIpc) is 2.62. The summed E-state index contributed by atoms with van der Waals surface area (Å²) in [7, 11) is 0. The first-order valence-electron chi connectivity index (χ1n) is 5.29. The number of carboxylic acids is 1. The van der Waals surface area contributed by atoms with Crippen LogP contribution >= 0.6 is 0 Å². The number of likely N-dealkylation sites (tertiary alicyclic amines) is 1. The highest BCUT2D eigenvalue weighted by molar-refractivity contribution is 5.83. The summed E-state index contributed by atoms with van der Waals surface area (Å²) in [6.45, 7) is 5.13. The van der Waals surface area contributed by atoms with Crippen molar-refractivity contribution in [2.24, 2.45) is 5.92 Å². The van der Waals surface area contributed by atoms with Crippen molar-refractivity contribution >= 4 is 12.0 Å². The van der Waals surface area contributed by atoms with Gasteiger partial charge in [-0.2, -0.15) is 0 Å². The Morgan fingerprint density at radius 2 is 2.20 bits per heavy atom. The molecule has 0 spiro atoms. The lowest BCUT2D eigenvalue weighted by atomic mass is 10.2. The monoisotopic (exact) mass is 214 g/mol. The molecule has 0 aromatic heterocycles. The smallest absolute Gasteiger partial charge is 0.326 e. The van der Waals surface area contributed by atoms with Crippen molar-refractivity contribution in [1.29, 1.82) is 0 Å². The van der Waals surface area contributed by atoms with Crippen LogP contribution in [-0.4, -0.2) is 41.1 Å². The van der Waals surface area contributed by atoms with Crippen molar-refractivity contribution in [2.45, 2.75) is 32.7 Å². The van der Waals surface area contributed by atoms with Gasteiger partial charge in [0, 0.05) is 13.1 Å². The molecule has 1 rings (SSSR count). The number of nitrogens with zero attached hydrogens (tertiary/aromatic N) is 1. The Morgan fingerprint density at radius 1 is 1.53 bits per heavy atom. The summed E-state index contributed by atoms with van der Waals surface area (Å²) in [6, 6.07) is -0.897. The highest BCUT2D eigenvalue weighted by atomic mass is 16.4. The van der Waals surface area contributed by atoms with Gasteiger partial charge in [0.25, 0.3) is 0 Å². The number of aliphatic carboxylic acids is 1. The van der Waals surface area contributed by atoms with Crippen molar-refractivity contribution in [1.82, 2.24) is 10.2 Å². The molecule has 1 aliphatic rings. The first kappa shape index (κ1) is 11.8. The van der Waals surface area contributed by atoms with E-state index >= 15 is 0 Å². The zero-order valence-electron chi connectivity index (χ0n) is 9.19. The molecule has 0 bridgehead atoms. The number of hydrogen-bond donors (Lipinski definition) is 2. The maximum absolute atomic E-state index is 11.6. The van der Waals surface area contributed by atoms with Crippen LogP contribution in [0, 0.1) is 5.92 Å². The molecule has 0 aromatic carbocycles. The Balaban J connectivity index is 2.47. The van der Waals surface area contributed by atoms with Crippen LogP contribution in [0.1, 0.15) is 26.7 Å². The van der Waals surface area contributed by atoms with Gasteiger partial charge < -0.3 is 15.3 Å². The predicted molar refractivity (Wildman–Crippen MR) is 55.6 cm³/mol. The van der Waals surface area contributed by atoms with Crippen LogP contribution in [0.25, 0.3) is 0 Å². The van der Waals surface area contributed by atoms with Crippen molar-refractivity contribution in [3.63, 3.8) is 0 Å². The minimum Gasteiger partial charge on any atom is -0.480 e. The molecule has 2 amide bonds. The molecule has 15 heavy (non-hydrogen) atoms. The molecule has 86 valence electrons. The molecule has 1 atom stereocenters. The Bertz CT molecular complexity index is 253. The highest BCUT2D eigenvalue weighted by Gasteiger charge is 2.33. The maximum Gasteiger partial charge on any atom is 0.326 e. The van der Waals surface area contributed by atoms with Crippen LogP contribution in [0.15, 0.2) is 0 Å². The Labute approximate surface area is 89.4 Å². The molecule has 1 fully saturated rings. The van der Waals surface area contributed by atoms with E-state index in [1.807, 2.05) is 13.8 Å². The normalized spacial score (nSPS) is 20.7. The van der Waals surface area contributed by atoms with Gasteiger partial charge >= 0.3 is 12.0 Å². The SMILES string of the molecule is CC(C)CNC(=O)N1CCC[C@H]1C(=O)O. The van der Waals surface area contributed by atoms with Gasteiger partial charge in [0.15, 0.2) is 0 Å². The van der Waals surface area contributed by atoms with E-state index in [9.17, 15) is 9.59 Å². The molecule has 1 heterocycles. The fourth-order valence-electron chi connectivity index (χ4n) is 1.66. The Hall–Kier alpha value is -1.26. The van der Waals surface area contributed by atoms with Crippen molar-refractivity contribution in [3.8, 4) is 0 Å². The molecule has 0 aromatic rings. The van der Waals surface area contributed by atoms with E-state index in [2.05, 4.69) is 5.32 Å². The molecule has 0 aliphatic carbocycles. The van der Waals surface area contributed by atoms with Gasteiger partial charge in [-0.15, -0.1) is 0 Å². The molecule has 0 saturated carbocycles. The quantitative estimate of drug-likeness (QED) is 0.733. The first-order valence-corrected chi connectivity index (χ1v) is 5.29. The van der Waals surface area contributed by atoms with Crippen LogP contribution in [-0.2, 0) is 4.79 Å². The second-order valence-corrected chi connectivity index (χ2v) is 4.27. The fourth-order valence-corrected chi connectivity index (χ4v) is 1.66. The zero-order valence-corrected chi connectivity index (χ0v) is 9.19. The van der Waals surface area contributed by atoms with E-state index in [-0.39, 0.29) is 6.03 Å². The number of urea groups is 1. The van der Waals surface area contributed by atoms with Crippen LogP contribution in [0.4, 0.5) is 4.79 Å². The molecular weight excluding hydrogens is 196 g/mol. The van der Waals surface area contributed by atoms with Gasteiger partial charge in [-0.3, -0.25) is 0 Å². The third-order valence-electron chi connectivity index (χ3n) is 2.46. The summed E-state index contributed by atoms with van der Waals surface area (Å²) in [6.07, 6.45) is 1.33. The van der Waals surface area contributed by atoms with Gasteiger partial charge in [0.1, 0.15) is 6.04 Å². The van der Waals surface area contributed by atoms with Gasteiger partial charge in [-0.05, 0) is 18.8 Å². The van der Waals surface area contributed by atoms with Gasteiger partial charge in [-0.25, -0.2) is 9.59 Å². The van der Waals surface area contributed by atoms with Crippen LogP contribution in [0.5, 0.6) is 0 Å². The molecule has 1 saturated heterocycles. The summed E-state index contributed by atoms with van der Waals surface area (Å²) in [4.78, 5) is 23.9. The number of hydrogen-bond acceptors (Lipinski definition) is 2. The van der Waals surface area contributed by atoms with Gasteiger partial charge in [0.05, 0.1) is 0 Å². The second kappa shape index (κ2) is 5.00. The van der Waals surface area contributed by atoms with Crippen LogP contribution in [0.3, 0.4) is 0 Å². The average molecular weight is 214 g/mol. The maximum atomic E-state index is 11.6.